The fraction of sp³-hybridized carbons (Fsp3) is 0.667. The predicted octanol–water partition coefficient (Wildman–Crippen LogP) is 4.55. The summed E-state index contributed by atoms with van der Waals surface area (Å²) in [6, 6.07) is 6.56. The summed E-state index contributed by atoms with van der Waals surface area (Å²) in [5.74, 6) is -0.183. The summed E-state index contributed by atoms with van der Waals surface area (Å²) in [5, 5.41) is 8.85. The van der Waals surface area contributed by atoms with Crippen molar-refractivity contribution < 1.29 is 24.1 Å². The Hall–Kier alpha value is -1.59. The van der Waals surface area contributed by atoms with E-state index >= 15 is 0 Å². The summed E-state index contributed by atoms with van der Waals surface area (Å²) >= 11 is 0. The molecule has 2 rings (SSSR count). The van der Waals surface area contributed by atoms with E-state index in [1.807, 2.05) is 0 Å². The first-order valence-electron chi connectivity index (χ1n) is 9.77. The molecule has 1 aromatic carbocycles. The van der Waals surface area contributed by atoms with E-state index < -0.39 is 5.97 Å². The minimum absolute atomic E-state index is 0.284. The van der Waals surface area contributed by atoms with Crippen LogP contribution in [0.1, 0.15) is 62.2 Å². The Kier molecular flexibility index (Phi) is 8.92. The van der Waals surface area contributed by atoms with E-state index in [9.17, 15) is 4.79 Å². The maximum Gasteiger partial charge on any atom is 0.335 e. The zero-order valence-corrected chi connectivity index (χ0v) is 15.9. The molecule has 1 N–H and O–H groups in total. The molecule has 5 nitrogen and oxygen atoms in total. The van der Waals surface area contributed by atoms with Crippen LogP contribution in [-0.2, 0) is 9.47 Å². The van der Waals surface area contributed by atoms with E-state index in [0.717, 1.165) is 57.9 Å². The second-order valence-corrected chi connectivity index (χ2v) is 7.20. The van der Waals surface area contributed by atoms with Gasteiger partial charge in [0.15, 0.2) is 0 Å². The molecule has 0 aromatic heterocycles. The molecule has 0 atom stereocenters. The highest BCUT2D eigenvalue weighted by atomic mass is 16.5. The van der Waals surface area contributed by atoms with Crippen molar-refractivity contribution in [3.63, 3.8) is 0 Å². The topological polar surface area (TPSA) is 65.0 Å². The monoisotopic (exact) mass is 364 g/mol. The second-order valence-electron chi connectivity index (χ2n) is 7.20. The Morgan fingerprint density at radius 3 is 2.19 bits per heavy atom. The molecule has 1 fully saturated rings. The number of unbranched alkanes of at least 4 members (excludes halogenated alkanes) is 5. The molecule has 0 unspecified atom stereocenters. The van der Waals surface area contributed by atoms with Crippen LogP contribution in [0.25, 0.3) is 0 Å². The Balaban J connectivity index is 1.38. The van der Waals surface area contributed by atoms with Crippen LogP contribution in [-0.4, -0.2) is 44.1 Å². The molecule has 1 aromatic rings. The Morgan fingerprint density at radius 2 is 1.65 bits per heavy atom. The van der Waals surface area contributed by atoms with Crippen molar-refractivity contribution in [2.75, 3.05) is 33.0 Å². The van der Waals surface area contributed by atoms with Crippen molar-refractivity contribution in [3.05, 3.63) is 29.8 Å². The first kappa shape index (κ1) is 20.7. The average Bonchev–Trinajstić information content (AvgIpc) is 2.62. The lowest BCUT2D eigenvalue weighted by Gasteiger charge is -2.40. The molecule has 0 spiro atoms. The molecule has 1 heterocycles. The first-order chi connectivity index (χ1) is 12.7. The van der Waals surface area contributed by atoms with Crippen LogP contribution < -0.4 is 4.74 Å². The number of carboxylic acids is 1. The highest BCUT2D eigenvalue weighted by Crippen LogP contribution is 2.31. The summed E-state index contributed by atoms with van der Waals surface area (Å²) < 4.78 is 16.7. The number of carbonyl (C=O) groups is 1. The molecule has 0 bridgehead atoms. The van der Waals surface area contributed by atoms with E-state index in [1.54, 1.807) is 24.3 Å². The number of aromatic carboxylic acids is 1. The van der Waals surface area contributed by atoms with E-state index in [4.69, 9.17) is 19.3 Å². The maximum absolute atomic E-state index is 10.8. The van der Waals surface area contributed by atoms with Crippen molar-refractivity contribution in [3.8, 4) is 5.75 Å². The van der Waals surface area contributed by atoms with Crippen LogP contribution in [0.5, 0.6) is 5.75 Å². The van der Waals surface area contributed by atoms with Gasteiger partial charge in [-0.25, -0.2) is 4.79 Å². The zero-order chi connectivity index (χ0) is 18.7. The normalized spacial score (nSPS) is 15.4. The van der Waals surface area contributed by atoms with Gasteiger partial charge in [-0.1, -0.05) is 32.6 Å². The molecule has 0 saturated carbocycles. The average molecular weight is 364 g/mol. The standard InChI is InChI=1S/C21H32O5/c1-2-21(16-25-17-21)15-24-13-7-5-3-4-6-8-14-26-19-11-9-18(10-12-19)20(22)23/h9-12H,2-8,13-17H2,1H3,(H,22,23). The fourth-order valence-corrected chi connectivity index (χ4v) is 2.97. The van der Waals surface area contributed by atoms with Gasteiger partial charge >= 0.3 is 5.97 Å². The lowest BCUT2D eigenvalue weighted by molar-refractivity contribution is -0.150. The van der Waals surface area contributed by atoms with E-state index in [-0.39, 0.29) is 5.56 Å². The van der Waals surface area contributed by atoms with Gasteiger partial charge < -0.3 is 19.3 Å². The highest BCUT2D eigenvalue weighted by molar-refractivity contribution is 5.87. The Bertz CT molecular complexity index is 516. The molecule has 0 amide bonds. The Morgan fingerprint density at radius 1 is 1.04 bits per heavy atom. The Labute approximate surface area is 156 Å². The second kappa shape index (κ2) is 11.2. The SMILES string of the molecule is CCC1(COCCCCCCCCOc2ccc(C(=O)O)cc2)COC1. The van der Waals surface area contributed by atoms with Crippen LogP contribution in [0.15, 0.2) is 24.3 Å². The molecule has 1 aliphatic rings. The number of rotatable bonds is 14. The van der Waals surface area contributed by atoms with Crippen LogP contribution >= 0.6 is 0 Å². The quantitative estimate of drug-likeness (QED) is 0.491. The van der Waals surface area contributed by atoms with Crippen LogP contribution in [0.4, 0.5) is 0 Å². The van der Waals surface area contributed by atoms with E-state index in [1.165, 1.54) is 19.3 Å². The van der Waals surface area contributed by atoms with Gasteiger partial charge in [0, 0.05) is 12.0 Å². The lowest BCUT2D eigenvalue weighted by Crippen LogP contribution is -2.45. The maximum atomic E-state index is 10.8. The van der Waals surface area contributed by atoms with E-state index in [0.29, 0.717) is 12.0 Å². The summed E-state index contributed by atoms with van der Waals surface area (Å²) in [5.41, 5.74) is 0.584. The van der Waals surface area contributed by atoms with Gasteiger partial charge in [0.05, 0.1) is 32.0 Å². The number of ether oxygens (including phenoxy) is 3. The molecule has 0 radical (unpaired) electrons. The third kappa shape index (κ3) is 6.96. The molecule has 0 aliphatic carbocycles. The molecular weight excluding hydrogens is 332 g/mol. The summed E-state index contributed by atoms with van der Waals surface area (Å²) in [6.45, 7) is 6.30. The van der Waals surface area contributed by atoms with Crippen LogP contribution in [0.3, 0.4) is 0 Å². The van der Waals surface area contributed by atoms with Gasteiger partial charge in [0.1, 0.15) is 5.75 Å². The smallest absolute Gasteiger partial charge is 0.335 e. The molecule has 26 heavy (non-hydrogen) atoms. The van der Waals surface area contributed by atoms with Gasteiger partial charge in [0.25, 0.3) is 0 Å². The van der Waals surface area contributed by atoms with Gasteiger partial charge in [-0.3, -0.25) is 0 Å². The largest absolute Gasteiger partial charge is 0.494 e. The predicted molar refractivity (Wildman–Crippen MR) is 101 cm³/mol. The fourth-order valence-electron chi connectivity index (χ4n) is 2.97. The number of hydrogen-bond acceptors (Lipinski definition) is 4. The molecule has 1 saturated heterocycles. The lowest BCUT2D eigenvalue weighted by atomic mass is 9.84. The van der Waals surface area contributed by atoms with Crippen molar-refractivity contribution in [1.29, 1.82) is 0 Å². The summed E-state index contributed by atoms with van der Waals surface area (Å²) in [6.07, 6.45) is 8.12. The first-order valence-corrected chi connectivity index (χ1v) is 9.77. The summed E-state index contributed by atoms with van der Waals surface area (Å²) in [7, 11) is 0. The molecule has 146 valence electrons. The van der Waals surface area contributed by atoms with Gasteiger partial charge in [-0.15, -0.1) is 0 Å². The third-order valence-corrected chi connectivity index (χ3v) is 5.03. The molecular formula is C21H32O5. The third-order valence-electron chi connectivity index (χ3n) is 5.03. The summed E-state index contributed by atoms with van der Waals surface area (Å²) in [4.78, 5) is 10.8. The minimum Gasteiger partial charge on any atom is -0.494 e. The van der Waals surface area contributed by atoms with Crippen molar-refractivity contribution in [2.45, 2.75) is 51.9 Å². The van der Waals surface area contributed by atoms with Gasteiger partial charge in [0.2, 0.25) is 0 Å². The molecule has 5 heteroatoms. The highest BCUT2D eigenvalue weighted by Gasteiger charge is 2.36. The van der Waals surface area contributed by atoms with Gasteiger partial charge in [-0.05, 0) is 43.5 Å². The van der Waals surface area contributed by atoms with Crippen LogP contribution in [0.2, 0.25) is 0 Å². The molecule has 1 aliphatic heterocycles. The zero-order valence-electron chi connectivity index (χ0n) is 15.9. The van der Waals surface area contributed by atoms with Crippen molar-refractivity contribution in [2.24, 2.45) is 5.41 Å². The minimum atomic E-state index is -0.913. The number of hydrogen-bond donors (Lipinski definition) is 1. The van der Waals surface area contributed by atoms with Crippen LogP contribution in [0, 0.1) is 5.41 Å². The van der Waals surface area contributed by atoms with Crippen molar-refractivity contribution in [1.82, 2.24) is 0 Å². The number of benzene rings is 1. The van der Waals surface area contributed by atoms with Crippen molar-refractivity contribution >= 4 is 5.97 Å². The van der Waals surface area contributed by atoms with E-state index in [2.05, 4.69) is 6.92 Å². The van der Waals surface area contributed by atoms with Gasteiger partial charge in [-0.2, -0.15) is 0 Å². The number of carboxylic acid groups (broad SMARTS) is 1.